The first-order valence-electron chi connectivity index (χ1n) is 24.7. The first kappa shape index (κ1) is 48.6. The van der Waals surface area contributed by atoms with Crippen LogP contribution in [0.2, 0.25) is 0 Å². The Bertz CT molecular complexity index is 2210. The van der Waals surface area contributed by atoms with Crippen molar-refractivity contribution in [2.45, 2.75) is 144 Å². The van der Waals surface area contributed by atoms with Crippen LogP contribution in [0.5, 0.6) is 0 Å². The number of carbonyl (C=O) groups excluding carboxylic acids is 2. The van der Waals surface area contributed by atoms with Crippen LogP contribution in [-0.2, 0) is 35.4 Å². The molecule has 2 amide bonds. The van der Waals surface area contributed by atoms with Crippen LogP contribution >= 0.6 is 0 Å². The maximum atomic E-state index is 13.4. The zero-order valence-electron chi connectivity index (χ0n) is 41.0. The Morgan fingerprint density at radius 2 is 0.970 bits per heavy atom. The molecular formula is C56H74N6O4. The second kappa shape index (κ2) is 22.9. The molecule has 2 N–H and O–H groups in total. The Labute approximate surface area is 394 Å². The highest BCUT2D eigenvalue weighted by molar-refractivity contribution is 5.98. The largest absolute Gasteiger partial charge is 0.381 e. The van der Waals surface area contributed by atoms with Crippen LogP contribution in [0.3, 0.4) is 0 Å². The molecule has 2 unspecified atom stereocenters. The van der Waals surface area contributed by atoms with Gasteiger partial charge in [0.05, 0.1) is 0 Å². The summed E-state index contributed by atoms with van der Waals surface area (Å²) >= 11 is 0. The Morgan fingerprint density at radius 3 is 1.35 bits per heavy atom. The van der Waals surface area contributed by atoms with E-state index in [0.717, 1.165) is 147 Å². The highest BCUT2D eigenvalue weighted by Gasteiger charge is 2.27. The van der Waals surface area contributed by atoms with E-state index in [1.54, 1.807) is 0 Å². The van der Waals surface area contributed by atoms with Crippen molar-refractivity contribution in [1.82, 2.24) is 20.6 Å². The van der Waals surface area contributed by atoms with E-state index in [1.807, 2.05) is 52.0 Å². The summed E-state index contributed by atoms with van der Waals surface area (Å²) in [6, 6.07) is 17.6. The smallest absolute Gasteiger partial charge is 0.251 e. The third kappa shape index (κ3) is 11.4. The number of amides is 2. The van der Waals surface area contributed by atoms with E-state index in [-0.39, 0.29) is 11.8 Å². The van der Waals surface area contributed by atoms with Gasteiger partial charge < -0.3 is 29.9 Å². The van der Waals surface area contributed by atoms with E-state index < -0.39 is 0 Å². The number of aromatic nitrogens is 2. The predicted molar refractivity (Wildman–Crippen MR) is 268 cm³/mol. The molecule has 4 aliphatic rings. The quantitative estimate of drug-likeness (QED) is 0.184. The minimum atomic E-state index is -0.0116. The van der Waals surface area contributed by atoms with Crippen molar-refractivity contribution in [3.05, 3.63) is 140 Å². The third-order valence-electron chi connectivity index (χ3n) is 14.2. The summed E-state index contributed by atoms with van der Waals surface area (Å²) in [4.78, 5) is 41.2. The second-order valence-corrected chi connectivity index (χ2v) is 18.7. The molecule has 2 aromatic carbocycles. The number of ether oxygens (including phenoxy) is 2. The van der Waals surface area contributed by atoms with Crippen molar-refractivity contribution in [3.8, 4) is 0 Å². The molecule has 0 radical (unpaired) electrons. The van der Waals surface area contributed by atoms with Gasteiger partial charge in [-0.25, -0.2) is 0 Å². The first-order valence-corrected chi connectivity index (χ1v) is 24.7. The Morgan fingerprint density at radius 1 is 0.576 bits per heavy atom. The lowest BCUT2D eigenvalue weighted by Gasteiger charge is -2.37. The average molecular weight is 895 g/mol. The van der Waals surface area contributed by atoms with Crippen molar-refractivity contribution < 1.29 is 19.1 Å². The van der Waals surface area contributed by atoms with Gasteiger partial charge in [-0.2, -0.15) is 0 Å². The number of nitrogens with one attached hydrogen (secondary N) is 2. The molecule has 8 rings (SSSR count). The number of nitrogens with zero attached hydrogens (tertiary/aromatic N) is 4. The van der Waals surface area contributed by atoms with Gasteiger partial charge in [-0.1, -0.05) is 50.3 Å². The maximum absolute atomic E-state index is 13.4. The Kier molecular flexibility index (Phi) is 16.9. The van der Waals surface area contributed by atoms with Gasteiger partial charge in [-0.05, 0) is 175 Å². The van der Waals surface area contributed by atoms with Crippen LogP contribution in [-0.4, -0.2) is 73.4 Å². The molecule has 4 aliphatic heterocycles. The van der Waals surface area contributed by atoms with Gasteiger partial charge in [0.25, 0.3) is 11.8 Å². The number of allylic oxidation sites excluding steroid dienone is 4. The molecule has 0 saturated carbocycles. The molecule has 4 aromatic rings. The SMILES string of the molecule is CCN(c1cccc2c1C/C=C/CC(C)c1cc(C)nc(C)c1CNC2=O)C1CCOCC1.CCN(c1cccc2c1C/C=C\CC(C)c1cc(C)nc(C)c1CNC2=O)C1CCOCC1. The number of benzene rings is 2. The number of rotatable bonds is 6. The van der Waals surface area contributed by atoms with Gasteiger partial charge in [0, 0.05) is 110 Å². The van der Waals surface area contributed by atoms with Gasteiger partial charge >= 0.3 is 0 Å². The van der Waals surface area contributed by atoms with Crippen molar-refractivity contribution in [3.63, 3.8) is 0 Å². The van der Waals surface area contributed by atoms with Crippen molar-refractivity contribution in [2.75, 3.05) is 49.3 Å². The fraction of sp³-hybridized carbons (Fsp3) is 0.500. The van der Waals surface area contributed by atoms with Crippen molar-refractivity contribution in [1.29, 1.82) is 0 Å². The van der Waals surface area contributed by atoms with Gasteiger partial charge in [0.1, 0.15) is 0 Å². The maximum Gasteiger partial charge on any atom is 0.251 e. The Hall–Kier alpha value is -5.32. The monoisotopic (exact) mass is 895 g/mol. The number of fused-ring (bicyclic) bond motifs is 4. The van der Waals surface area contributed by atoms with Crippen molar-refractivity contribution >= 4 is 23.2 Å². The topological polar surface area (TPSA) is 109 Å². The molecule has 6 heterocycles. The molecule has 2 saturated heterocycles. The van der Waals surface area contributed by atoms with E-state index in [9.17, 15) is 9.59 Å². The summed E-state index contributed by atoms with van der Waals surface area (Å²) in [6.45, 7) is 23.2. The number of anilines is 2. The molecule has 2 fully saturated rings. The summed E-state index contributed by atoms with van der Waals surface area (Å²) in [5.41, 5.74) is 15.1. The number of hydrogen-bond donors (Lipinski definition) is 2. The summed E-state index contributed by atoms with van der Waals surface area (Å²) < 4.78 is 11.2. The van der Waals surface area contributed by atoms with Crippen LogP contribution < -0.4 is 20.4 Å². The van der Waals surface area contributed by atoms with Gasteiger partial charge in [0.2, 0.25) is 0 Å². The van der Waals surface area contributed by atoms with Crippen LogP contribution in [0.4, 0.5) is 11.4 Å². The molecule has 10 heteroatoms. The fourth-order valence-corrected chi connectivity index (χ4v) is 10.7. The normalized spacial score (nSPS) is 20.6. The lowest BCUT2D eigenvalue weighted by atomic mass is 9.90. The highest BCUT2D eigenvalue weighted by Crippen LogP contribution is 2.34. The van der Waals surface area contributed by atoms with E-state index in [0.29, 0.717) is 37.0 Å². The minimum Gasteiger partial charge on any atom is -0.381 e. The molecule has 352 valence electrons. The summed E-state index contributed by atoms with van der Waals surface area (Å²) in [5, 5.41) is 6.43. The van der Waals surface area contributed by atoms with Gasteiger partial charge in [-0.15, -0.1) is 0 Å². The molecule has 66 heavy (non-hydrogen) atoms. The zero-order valence-corrected chi connectivity index (χ0v) is 41.0. The van der Waals surface area contributed by atoms with E-state index in [1.165, 1.54) is 22.5 Å². The average Bonchev–Trinajstić information content (AvgIpc) is 3.31. The van der Waals surface area contributed by atoms with Gasteiger partial charge in [0.15, 0.2) is 0 Å². The number of hydrogen-bond acceptors (Lipinski definition) is 8. The number of aryl methyl sites for hydroxylation is 4. The fourth-order valence-electron chi connectivity index (χ4n) is 10.7. The van der Waals surface area contributed by atoms with Crippen LogP contribution in [0.1, 0.15) is 155 Å². The molecule has 2 atom stereocenters. The van der Waals surface area contributed by atoms with E-state index in [2.05, 4.69) is 107 Å². The van der Waals surface area contributed by atoms with Crippen molar-refractivity contribution in [2.24, 2.45) is 0 Å². The standard InChI is InChI=1S/2C28H37N3O2/c2*1-5-31(22-13-15-33-16-14-22)27-12-8-11-24-23(27)10-7-6-9-19(2)25-17-20(3)30-21(4)26(25)18-29-28(24)32/h2*6-8,11-12,17,19,22H,5,9-10,13-16,18H2,1-4H3,(H,29,32)/b7-6+;7-6-. The molecule has 0 bridgehead atoms. The molecule has 0 aliphatic carbocycles. The Balaban J connectivity index is 0.000000196. The number of pyridine rings is 2. The molecule has 0 spiro atoms. The van der Waals surface area contributed by atoms with E-state index >= 15 is 0 Å². The minimum absolute atomic E-state index is 0.0116. The lowest BCUT2D eigenvalue weighted by molar-refractivity contribution is 0.0845. The molecular weight excluding hydrogens is 821 g/mol. The first-order chi connectivity index (χ1) is 32.0. The number of carbonyl (C=O) groups is 2. The molecule has 10 nitrogen and oxygen atoms in total. The summed E-state index contributed by atoms with van der Waals surface area (Å²) in [6.07, 6.45) is 16.6. The third-order valence-corrected chi connectivity index (χ3v) is 14.2. The zero-order chi connectivity index (χ0) is 46.7. The summed E-state index contributed by atoms with van der Waals surface area (Å²) in [7, 11) is 0. The predicted octanol–water partition coefficient (Wildman–Crippen LogP) is 10.5. The van der Waals surface area contributed by atoms with Crippen LogP contribution in [0.15, 0.2) is 72.8 Å². The second-order valence-electron chi connectivity index (χ2n) is 18.7. The highest BCUT2D eigenvalue weighted by atomic mass is 16.5. The van der Waals surface area contributed by atoms with Gasteiger partial charge in [-0.3, -0.25) is 19.6 Å². The van der Waals surface area contributed by atoms with E-state index in [4.69, 9.17) is 9.47 Å². The van der Waals surface area contributed by atoms with Crippen LogP contribution in [0.25, 0.3) is 0 Å². The molecule has 2 aromatic heterocycles. The van der Waals surface area contributed by atoms with Crippen LogP contribution in [0, 0.1) is 27.7 Å². The lowest BCUT2D eigenvalue weighted by Crippen LogP contribution is -2.40. The summed E-state index contributed by atoms with van der Waals surface area (Å²) in [5.74, 6) is 0.721.